The lowest BCUT2D eigenvalue weighted by molar-refractivity contribution is -0.137. The molecule has 152 valence electrons. The van der Waals surface area contributed by atoms with Gasteiger partial charge in [-0.1, -0.05) is 18.5 Å². The zero-order valence-electron chi connectivity index (χ0n) is 16.3. The van der Waals surface area contributed by atoms with E-state index in [1.54, 1.807) is 13.8 Å². The van der Waals surface area contributed by atoms with E-state index in [1.165, 1.54) is 4.31 Å². The van der Waals surface area contributed by atoms with E-state index >= 15 is 0 Å². The molecule has 2 atom stereocenters. The van der Waals surface area contributed by atoms with Crippen molar-refractivity contribution >= 4 is 15.9 Å². The summed E-state index contributed by atoms with van der Waals surface area (Å²) in [5.41, 5.74) is 0.394. The maximum absolute atomic E-state index is 13.1. The molecular weight excluding hydrogens is 370 g/mol. The van der Waals surface area contributed by atoms with E-state index in [2.05, 4.69) is 12.1 Å². The van der Waals surface area contributed by atoms with Crippen LogP contribution in [0.5, 0.6) is 0 Å². The number of morpholine rings is 1. The van der Waals surface area contributed by atoms with E-state index in [1.807, 2.05) is 4.90 Å². The Labute approximate surface area is 160 Å². The SMILES string of the molecule is CC[C@@H]1CN(S(=O)(=O)c2c(C)noc2C)CC[C@H]1CC(=O)N1CCOCC1. The largest absolute Gasteiger partial charge is 0.378 e. The van der Waals surface area contributed by atoms with E-state index < -0.39 is 10.0 Å². The maximum Gasteiger partial charge on any atom is 0.248 e. The Morgan fingerprint density at radius 1 is 1.19 bits per heavy atom. The number of ether oxygens (including phenoxy) is 1. The van der Waals surface area contributed by atoms with Gasteiger partial charge in [-0.2, -0.15) is 4.31 Å². The van der Waals surface area contributed by atoms with Crippen molar-refractivity contribution in [3.8, 4) is 0 Å². The van der Waals surface area contributed by atoms with E-state index in [0.717, 1.165) is 6.42 Å². The molecule has 0 aromatic carbocycles. The van der Waals surface area contributed by atoms with E-state index in [9.17, 15) is 13.2 Å². The molecule has 0 spiro atoms. The summed E-state index contributed by atoms with van der Waals surface area (Å²) in [5, 5.41) is 3.78. The first-order valence-corrected chi connectivity index (χ1v) is 11.1. The summed E-state index contributed by atoms with van der Waals surface area (Å²) in [4.78, 5) is 14.6. The number of nitrogens with zero attached hydrogens (tertiary/aromatic N) is 3. The fraction of sp³-hybridized carbons (Fsp3) is 0.778. The minimum Gasteiger partial charge on any atom is -0.378 e. The van der Waals surface area contributed by atoms with Gasteiger partial charge in [-0.25, -0.2) is 8.42 Å². The Kier molecular flexibility index (Phi) is 6.22. The fourth-order valence-corrected chi connectivity index (χ4v) is 5.94. The van der Waals surface area contributed by atoms with Crippen molar-refractivity contribution in [1.82, 2.24) is 14.4 Å². The Bertz CT molecular complexity index is 750. The highest BCUT2D eigenvalue weighted by atomic mass is 32.2. The van der Waals surface area contributed by atoms with Crippen molar-refractivity contribution < 1.29 is 22.5 Å². The van der Waals surface area contributed by atoms with Crippen molar-refractivity contribution in [3.63, 3.8) is 0 Å². The van der Waals surface area contributed by atoms with Gasteiger partial charge in [-0.05, 0) is 32.1 Å². The van der Waals surface area contributed by atoms with Crippen molar-refractivity contribution in [2.75, 3.05) is 39.4 Å². The molecule has 1 aromatic heterocycles. The van der Waals surface area contributed by atoms with Crippen LogP contribution in [0.1, 0.15) is 37.6 Å². The predicted molar refractivity (Wildman–Crippen MR) is 98.6 cm³/mol. The first-order chi connectivity index (χ1) is 12.8. The molecule has 0 N–H and O–H groups in total. The van der Waals surface area contributed by atoms with Crippen LogP contribution in [0.4, 0.5) is 0 Å². The number of amides is 1. The van der Waals surface area contributed by atoms with Gasteiger partial charge in [-0.3, -0.25) is 4.79 Å². The molecule has 2 aliphatic rings. The Hall–Kier alpha value is -1.45. The highest BCUT2D eigenvalue weighted by molar-refractivity contribution is 7.89. The normalized spacial score (nSPS) is 24.9. The molecule has 27 heavy (non-hydrogen) atoms. The number of aryl methyl sites for hydroxylation is 2. The van der Waals surface area contributed by atoms with E-state index in [-0.39, 0.29) is 22.6 Å². The molecule has 0 bridgehead atoms. The predicted octanol–water partition coefficient (Wildman–Crippen LogP) is 1.58. The monoisotopic (exact) mass is 399 g/mol. The van der Waals surface area contributed by atoms with E-state index in [4.69, 9.17) is 9.26 Å². The van der Waals surface area contributed by atoms with Crippen LogP contribution < -0.4 is 0 Å². The van der Waals surface area contributed by atoms with Gasteiger partial charge in [0.15, 0.2) is 5.76 Å². The van der Waals surface area contributed by atoms with Crippen molar-refractivity contribution in [2.24, 2.45) is 11.8 Å². The van der Waals surface area contributed by atoms with Gasteiger partial charge in [0, 0.05) is 32.6 Å². The number of piperidine rings is 1. The first-order valence-electron chi connectivity index (χ1n) is 9.63. The van der Waals surface area contributed by atoms with Crippen molar-refractivity contribution in [3.05, 3.63) is 11.5 Å². The molecule has 8 nitrogen and oxygen atoms in total. The van der Waals surface area contributed by atoms with Gasteiger partial charge < -0.3 is 14.2 Å². The zero-order valence-corrected chi connectivity index (χ0v) is 17.1. The highest BCUT2D eigenvalue weighted by Gasteiger charge is 2.38. The lowest BCUT2D eigenvalue weighted by Gasteiger charge is -2.38. The molecule has 1 aromatic rings. The highest BCUT2D eigenvalue weighted by Crippen LogP contribution is 2.33. The summed E-state index contributed by atoms with van der Waals surface area (Å²) >= 11 is 0. The molecule has 3 heterocycles. The summed E-state index contributed by atoms with van der Waals surface area (Å²) < 4.78 is 38.0. The molecule has 2 fully saturated rings. The van der Waals surface area contributed by atoms with Crippen LogP contribution in [-0.2, 0) is 19.6 Å². The number of aromatic nitrogens is 1. The van der Waals surface area contributed by atoms with Gasteiger partial charge in [0.2, 0.25) is 15.9 Å². The molecule has 0 unspecified atom stereocenters. The van der Waals surface area contributed by atoms with Crippen LogP contribution in [0, 0.1) is 25.7 Å². The van der Waals surface area contributed by atoms with E-state index in [0.29, 0.717) is 63.7 Å². The lowest BCUT2D eigenvalue weighted by Crippen LogP contribution is -2.46. The maximum atomic E-state index is 13.1. The number of sulfonamides is 1. The number of rotatable bonds is 5. The summed E-state index contributed by atoms with van der Waals surface area (Å²) in [6, 6.07) is 0. The number of carbonyl (C=O) groups excluding carboxylic acids is 1. The van der Waals surface area contributed by atoms with Crippen LogP contribution >= 0.6 is 0 Å². The zero-order chi connectivity index (χ0) is 19.6. The summed E-state index contributed by atoms with van der Waals surface area (Å²) in [7, 11) is -3.63. The molecular formula is C18H29N3O5S. The first kappa shape index (κ1) is 20.3. The fourth-order valence-electron chi connectivity index (χ4n) is 4.14. The molecule has 3 rings (SSSR count). The van der Waals surface area contributed by atoms with Crippen LogP contribution in [0.15, 0.2) is 9.42 Å². The van der Waals surface area contributed by atoms with Crippen LogP contribution in [0.25, 0.3) is 0 Å². The topological polar surface area (TPSA) is 93.0 Å². The number of carbonyl (C=O) groups is 1. The van der Waals surface area contributed by atoms with Gasteiger partial charge >= 0.3 is 0 Å². The van der Waals surface area contributed by atoms with Crippen LogP contribution in [0.3, 0.4) is 0 Å². The van der Waals surface area contributed by atoms with Gasteiger partial charge in [-0.15, -0.1) is 0 Å². The van der Waals surface area contributed by atoms with Crippen molar-refractivity contribution in [1.29, 1.82) is 0 Å². The third kappa shape index (κ3) is 4.20. The summed E-state index contributed by atoms with van der Waals surface area (Å²) in [6.45, 7) is 8.67. The lowest BCUT2D eigenvalue weighted by atomic mass is 9.82. The average Bonchev–Trinajstić information content (AvgIpc) is 3.01. The smallest absolute Gasteiger partial charge is 0.248 e. The van der Waals surface area contributed by atoms with Gasteiger partial charge in [0.05, 0.1) is 13.2 Å². The molecule has 2 saturated heterocycles. The Morgan fingerprint density at radius 3 is 2.48 bits per heavy atom. The molecule has 0 aliphatic carbocycles. The molecule has 1 amide bonds. The number of hydrogen-bond donors (Lipinski definition) is 0. The minimum atomic E-state index is -3.63. The third-order valence-electron chi connectivity index (χ3n) is 5.74. The molecule has 9 heteroatoms. The Morgan fingerprint density at radius 2 is 1.89 bits per heavy atom. The van der Waals surface area contributed by atoms with Crippen LogP contribution in [-0.4, -0.2) is 68.1 Å². The third-order valence-corrected chi connectivity index (χ3v) is 7.86. The minimum absolute atomic E-state index is 0.156. The average molecular weight is 400 g/mol. The molecule has 0 saturated carbocycles. The van der Waals surface area contributed by atoms with Crippen LogP contribution in [0.2, 0.25) is 0 Å². The summed E-state index contributed by atoms with van der Waals surface area (Å²) in [5.74, 6) is 0.856. The molecule has 0 radical (unpaired) electrons. The standard InChI is InChI=1S/C18H29N3O5S/c1-4-15-12-21(27(23,24)18-13(2)19-26-14(18)3)6-5-16(15)11-17(22)20-7-9-25-10-8-20/h15-16H,4-12H2,1-3H3/t15-,16+/m1/s1. The second-order valence-electron chi connectivity index (χ2n) is 7.43. The molecule has 2 aliphatic heterocycles. The summed E-state index contributed by atoms with van der Waals surface area (Å²) in [6.07, 6.45) is 2.02. The quantitative estimate of drug-likeness (QED) is 0.746. The van der Waals surface area contributed by atoms with Gasteiger partial charge in [0.25, 0.3) is 0 Å². The second kappa shape index (κ2) is 8.28. The van der Waals surface area contributed by atoms with Gasteiger partial charge in [0.1, 0.15) is 10.6 Å². The Balaban J connectivity index is 1.68. The number of hydrogen-bond acceptors (Lipinski definition) is 6. The second-order valence-corrected chi connectivity index (χ2v) is 9.31. The van der Waals surface area contributed by atoms with Crippen molar-refractivity contribution in [2.45, 2.75) is 44.9 Å².